The predicted molar refractivity (Wildman–Crippen MR) is 54.4 cm³/mol. The molecule has 0 aromatic carbocycles. The SMILES string of the molecule is CN1CCCC(S)C1.CS. The molecule has 1 aliphatic rings. The molecule has 1 atom stereocenters. The van der Waals surface area contributed by atoms with Gasteiger partial charge in [0.2, 0.25) is 0 Å². The molecule has 0 radical (unpaired) electrons. The van der Waals surface area contributed by atoms with Crippen LogP contribution in [0, 0.1) is 0 Å². The van der Waals surface area contributed by atoms with E-state index >= 15 is 0 Å². The van der Waals surface area contributed by atoms with Crippen LogP contribution in [0.15, 0.2) is 0 Å². The summed E-state index contributed by atoms with van der Waals surface area (Å²) in [6.45, 7) is 2.43. The Bertz CT molecular complexity index is 70.0. The van der Waals surface area contributed by atoms with E-state index in [0.717, 1.165) is 0 Å². The van der Waals surface area contributed by atoms with E-state index in [1.165, 1.54) is 25.9 Å². The molecule has 0 amide bonds. The molecule has 1 aliphatic heterocycles. The van der Waals surface area contributed by atoms with Gasteiger partial charge in [0.1, 0.15) is 0 Å². The van der Waals surface area contributed by atoms with Gasteiger partial charge in [0.15, 0.2) is 0 Å². The van der Waals surface area contributed by atoms with Crippen LogP contribution in [0.4, 0.5) is 0 Å². The van der Waals surface area contributed by atoms with Crippen molar-refractivity contribution in [3.63, 3.8) is 0 Å². The van der Waals surface area contributed by atoms with Crippen LogP contribution in [-0.4, -0.2) is 36.5 Å². The molecule has 1 nitrogen and oxygen atoms in total. The Morgan fingerprint density at radius 3 is 2.30 bits per heavy atom. The van der Waals surface area contributed by atoms with E-state index in [-0.39, 0.29) is 0 Å². The lowest BCUT2D eigenvalue weighted by Gasteiger charge is -2.26. The highest BCUT2D eigenvalue weighted by Crippen LogP contribution is 2.11. The maximum Gasteiger partial charge on any atom is 0.0145 e. The van der Waals surface area contributed by atoms with Crippen LogP contribution < -0.4 is 0 Å². The van der Waals surface area contributed by atoms with Crippen molar-refractivity contribution in [1.82, 2.24) is 4.90 Å². The molecule has 0 aromatic rings. The molecule has 0 aromatic heterocycles. The van der Waals surface area contributed by atoms with Gasteiger partial charge in [0, 0.05) is 11.8 Å². The van der Waals surface area contributed by atoms with Gasteiger partial charge in [0.05, 0.1) is 0 Å². The Hall–Kier alpha value is 0.660. The van der Waals surface area contributed by atoms with E-state index in [1.807, 2.05) is 0 Å². The lowest BCUT2D eigenvalue weighted by atomic mass is 10.1. The van der Waals surface area contributed by atoms with Gasteiger partial charge in [-0.05, 0) is 32.7 Å². The third-order valence-electron chi connectivity index (χ3n) is 1.60. The second-order valence-corrected chi connectivity index (χ2v) is 3.29. The molecule has 0 spiro atoms. The van der Waals surface area contributed by atoms with E-state index in [4.69, 9.17) is 0 Å². The molecule has 1 unspecified atom stereocenters. The minimum atomic E-state index is 0.633. The summed E-state index contributed by atoms with van der Waals surface area (Å²) in [4.78, 5) is 2.33. The second-order valence-electron chi connectivity index (χ2n) is 2.56. The average molecular weight is 179 g/mol. The third-order valence-corrected chi connectivity index (χ3v) is 2.02. The van der Waals surface area contributed by atoms with E-state index in [2.05, 4.69) is 37.2 Å². The Labute approximate surface area is 75.0 Å². The van der Waals surface area contributed by atoms with Crippen LogP contribution in [0.1, 0.15) is 12.8 Å². The monoisotopic (exact) mass is 179 g/mol. The zero-order valence-corrected chi connectivity index (χ0v) is 8.54. The van der Waals surface area contributed by atoms with Gasteiger partial charge in [-0.25, -0.2) is 0 Å². The van der Waals surface area contributed by atoms with Gasteiger partial charge in [-0.15, -0.1) is 0 Å². The lowest BCUT2D eigenvalue weighted by Crippen LogP contribution is -2.32. The number of piperidine rings is 1. The summed E-state index contributed by atoms with van der Waals surface area (Å²) in [5.74, 6) is 0. The Balaban J connectivity index is 0.000000371. The smallest absolute Gasteiger partial charge is 0.0145 e. The normalized spacial score (nSPS) is 27.0. The summed E-state index contributed by atoms with van der Waals surface area (Å²) in [5, 5.41) is 0.633. The molecule has 0 aliphatic carbocycles. The highest BCUT2D eigenvalue weighted by atomic mass is 32.1. The zero-order valence-electron chi connectivity index (χ0n) is 6.75. The average Bonchev–Trinajstić information content (AvgIpc) is 1.91. The number of hydrogen-bond donors (Lipinski definition) is 2. The van der Waals surface area contributed by atoms with Crippen molar-refractivity contribution in [2.24, 2.45) is 0 Å². The van der Waals surface area contributed by atoms with Crippen molar-refractivity contribution in [3.05, 3.63) is 0 Å². The Kier molecular flexibility index (Phi) is 6.80. The van der Waals surface area contributed by atoms with Crippen LogP contribution in [0.3, 0.4) is 0 Å². The predicted octanol–water partition coefficient (Wildman–Crippen LogP) is 1.56. The minimum Gasteiger partial charge on any atom is -0.305 e. The molecule has 62 valence electrons. The van der Waals surface area contributed by atoms with Crippen molar-refractivity contribution in [2.45, 2.75) is 18.1 Å². The van der Waals surface area contributed by atoms with Crippen molar-refractivity contribution in [2.75, 3.05) is 26.4 Å². The topological polar surface area (TPSA) is 3.24 Å². The standard InChI is InChI=1S/C6H13NS.CH4S/c1-7-4-2-3-6(8)5-7;1-2/h6,8H,2-5H2,1H3;2H,1H3. The molecule has 10 heavy (non-hydrogen) atoms. The van der Waals surface area contributed by atoms with Crippen LogP contribution in [0.25, 0.3) is 0 Å². The van der Waals surface area contributed by atoms with Crippen molar-refractivity contribution in [1.29, 1.82) is 0 Å². The largest absolute Gasteiger partial charge is 0.305 e. The Morgan fingerprint density at radius 2 is 2.00 bits per heavy atom. The first kappa shape index (κ1) is 10.7. The molecule has 0 N–H and O–H groups in total. The van der Waals surface area contributed by atoms with Gasteiger partial charge in [-0.2, -0.15) is 25.3 Å². The first-order chi connectivity index (χ1) is 4.79. The number of hydrogen-bond acceptors (Lipinski definition) is 3. The summed E-state index contributed by atoms with van der Waals surface area (Å²) >= 11 is 7.91. The fraction of sp³-hybridized carbons (Fsp3) is 1.00. The molecular formula is C7H17NS2. The molecular weight excluding hydrogens is 162 g/mol. The van der Waals surface area contributed by atoms with Crippen molar-refractivity contribution in [3.8, 4) is 0 Å². The first-order valence-corrected chi connectivity index (χ1v) is 5.01. The summed E-state index contributed by atoms with van der Waals surface area (Å²) in [6.07, 6.45) is 4.32. The van der Waals surface area contributed by atoms with Crippen LogP contribution in [-0.2, 0) is 0 Å². The summed E-state index contributed by atoms with van der Waals surface area (Å²) in [7, 11) is 2.16. The van der Waals surface area contributed by atoms with E-state index < -0.39 is 0 Å². The van der Waals surface area contributed by atoms with Gasteiger partial charge < -0.3 is 4.90 Å². The number of rotatable bonds is 0. The lowest BCUT2D eigenvalue weighted by molar-refractivity contribution is 0.284. The first-order valence-electron chi connectivity index (χ1n) is 3.60. The van der Waals surface area contributed by atoms with Gasteiger partial charge in [0.25, 0.3) is 0 Å². The van der Waals surface area contributed by atoms with Crippen LogP contribution >= 0.6 is 25.3 Å². The third kappa shape index (κ3) is 4.47. The molecule has 1 fully saturated rings. The van der Waals surface area contributed by atoms with Gasteiger partial charge >= 0.3 is 0 Å². The van der Waals surface area contributed by atoms with E-state index in [1.54, 1.807) is 6.26 Å². The number of likely N-dealkylation sites (tertiary alicyclic amines) is 1. The van der Waals surface area contributed by atoms with Crippen LogP contribution in [0.5, 0.6) is 0 Å². The molecule has 1 saturated heterocycles. The quantitative estimate of drug-likeness (QED) is 0.534. The van der Waals surface area contributed by atoms with Crippen molar-refractivity contribution < 1.29 is 0 Å². The highest BCUT2D eigenvalue weighted by molar-refractivity contribution is 7.81. The molecule has 0 saturated carbocycles. The summed E-state index contributed by atoms with van der Waals surface area (Å²) < 4.78 is 0. The fourth-order valence-electron chi connectivity index (χ4n) is 1.14. The zero-order chi connectivity index (χ0) is 7.98. The fourth-order valence-corrected chi connectivity index (χ4v) is 1.60. The maximum absolute atomic E-state index is 4.38. The van der Waals surface area contributed by atoms with Crippen molar-refractivity contribution >= 4 is 25.3 Å². The molecule has 1 heterocycles. The van der Waals surface area contributed by atoms with E-state index in [0.29, 0.717) is 5.25 Å². The molecule has 0 bridgehead atoms. The highest BCUT2D eigenvalue weighted by Gasteiger charge is 2.11. The minimum absolute atomic E-state index is 0.633. The maximum atomic E-state index is 4.38. The Morgan fingerprint density at radius 1 is 1.40 bits per heavy atom. The number of nitrogens with zero attached hydrogens (tertiary/aromatic N) is 1. The van der Waals surface area contributed by atoms with Gasteiger partial charge in [-0.3, -0.25) is 0 Å². The summed E-state index contributed by atoms with van der Waals surface area (Å²) in [6, 6.07) is 0. The second kappa shape index (κ2) is 6.38. The summed E-state index contributed by atoms with van der Waals surface area (Å²) in [5.41, 5.74) is 0. The van der Waals surface area contributed by atoms with E-state index in [9.17, 15) is 0 Å². The van der Waals surface area contributed by atoms with Crippen LogP contribution in [0.2, 0.25) is 0 Å². The van der Waals surface area contributed by atoms with Gasteiger partial charge in [-0.1, -0.05) is 0 Å². The molecule has 1 rings (SSSR count). The number of thiol groups is 2. The molecule has 3 heteroatoms.